The fraction of sp³-hybridized carbons (Fsp3) is 0.650. The van der Waals surface area contributed by atoms with Crippen LogP contribution < -0.4 is 0 Å². The Bertz CT molecular complexity index is 812. The highest BCUT2D eigenvalue weighted by molar-refractivity contribution is 7.89. The third-order valence-corrected chi connectivity index (χ3v) is 7.74. The zero-order valence-electron chi connectivity index (χ0n) is 16.3. The van der Waals surface area contributed by atoms with E-state index in [0.29, 0.717) is 31.0 Å². The maximum atomic E-state index is 12.8. The lowest BCUT2D eigenvalue weighted by molar-refractivity contribution is -0.181. The number of hydrogen-bond donors (Lipinski definition) is 0. The molecule has 0 aromatic heterocycles. The lowest BCUT2D eigenvalue weighted by Crippen LogP contribution is -2.67. The topological polar surface area (TPSA) is 76.2 Å². The number of ether oxygens (including phenoxy) is 2. The molecule has 3 heterocycles. The van der Waals surface area contributed by atoms with Crippen LogP contribution in [0.1, 0.15) is 31.2 Å². The van der Waals surface area contributed by atoms with E-state index < -0.39 is 15.6 Å². The smallest absolute Gasteiger partial charge is 0.248 e. The fourth-order valence-electron chi connectivity index (χ4n) is 4.22. The van der Waals surface area contributed by atoms with Gasteiger partial charge in [0.25, 0.3) is 0 Å². The van der Waals surface area contributed by atoms with E-state index in [1.807, 2.05) is 11.8 Å². The highest BCUT2D eigenvalue weighted by Crippen LogP contribution is 2.38. The van der Waals surface area contributed by atoms with Crippen molar-refractivity contribution in [2.75, 3.05) is 39.4 Å². The Labute approximate surface area is 166 Å². The summed E-state index contributed by atoms with van der Waals surface area (Å²) in [6, 6.07) is 6.90. The van der Waals surface area contributed by atoms with Crippen molar-refractivity contribution in [3.05, 3.63) is 29.8 Å². The predicted octanol–water partition coefficient (Wildman–Crippen LogP) is 1.56. The average molecular weight is 409 g/mol. The number of benzene rings is 1. The summed E-state index contributed by atoms with van der Waals surface area (Å²) >= 11 is 0. The third-order valence-electron chi connectivity index (χ3n) is 5.94. The lowest BCUT2D eigenvalue weighted by Gasteiger charge is -2.52. The van der Waals surface area contributed by atoms with E-state index in [9.17, 15) is 13.2 Å². The van der Waals surface area contributed by atoms with Gasteiger partial charge in [-0.3, -0.25) is 4.79 Å². The summed E-state index contributed by atoms with van der Waals surface area (Å²) in [5, 5.41) is 0. The highest BCUT2D eigenvalue weighted by atomic mass is 32.2. The van der Waals surface area contributed by atoms with Gasteiger partial charge in [0, 0.05) is 39.2 Å². The molecule has 1 atom stereocenters. The zero-order chi connectivity index (χ0) is 19.8. The number of amides is 1. The lowest BCUT2D eigenvalue weighted by atomic mass is 9.86. The first kappa shape index (κ1) is 19.8. The number of sulfonamides is 1. The molecule has 1 spiro atoms. The molecule has 0 radical (unpaired) electrons. The normalized spacial score (nSPS) is 25.0. The number of rotatable bonds is 5. The van der Waals surface area contributed by atoms with Gasteiger partial charge in [0.15, 0.2) is 0 Å². The van der Waals surface area contributed by atoms with Crippen LogP contribution in [0.4, 0.5) is 0 Å². The van der Waals surface area contributed by atoms with E-state index >= 15 is 0 Å². The van der Waals surface area contributed by atoms with E-state index in [0.717, 1.165) is 37.9 Å². The monoisotopic (exact) mass is 408 g/mol. The van der Waals surface area contributed by atoms with Gasteiger partial charge in [-0.1, -0.05) is 17.7 Å². The molecular weight excluding hydrogens is 380 g/mol. The van der Waals surface area contributed by atoms with Crippen LogP contribution >= 0.6 is 0 Å². The minimum atomic E-state index is -3.50. The molecule has 154 valence electrons. The Balaban J connectivity index is 1.31. The Hall–Kier alpha value is -1.48. The number of nitrogens with zero attached hydrogens (tertiary/aromatic N) is 2. The zero-order valence-corrected chi connectivity index (χ0v) is 17.1. The van der Waals surface area contributed by atoms with E-state index in [1.165, 1.54) is 4.31 Å². The molecule has 0 aliphatic carbocycles. The van der Waals surface area contributed by atoms with E-state index in [2.05, 4.69) is 0 Å². The molecule has 3 fully saturated rings. The molecule has 1 aromatic rings. The molecule has 0 bridgehead atoms. The highest BCUT2D eigenvalue weighted by Gasteiger charge is 2.52. The number of likely N-dealkylation sites (tertiary alicyclic amines) is 1. The molecule has 3 saturated heterocycles. The first-order valence-electron chi connectivity index (χ1n) is 9.98. The molecule has 3 aliphatic rings. The second kappa shape index (κ2) is 7.74. The maximum absolute atomic E-state index is 12.8. The minimum absolute atomic E-state index is 0.0511. The van der Waals surface area contributed by atoms with Crippen LogP contribution in [0.15, 0.2) is 29.2 Å². The summed E-state index contributed by atoms with van der Waals surface area (Å²) in [4.78, 5) is 14.3. The van der Waals surface area contributed by atoms with Crippen LogP contribution in [0.5, 0.6) is 0 Å². The Kier molecular flexibility index (Phi) is 5.48. The van der Waals surface area contributed by atoms with Crippen molar-refractivity contribution < 1.29 is 22.7 Å². The molecule has 0 unspecified atom stereocenters. The first-order chi connectivity index (χ1) is 13.4. The summed E-state index contributed by atoms with van der Waals surface area (Å²) in [5.41, 5.74) is 0.537. The molecule has 8 heteroatoms. The van der Waals surface area contributed by atoms with Crippen molar-refractivity contribution in [3.63, 3.8) is 0 Å². The molecule has 4 rings (SSSR count). The van der Waals surface area contributed by atoms with Crippen LogP contribution in [-0.2, 0) is 24.3 Å². The van der Waals surface area contributed by atoms with Crippen LogP contribution in [0.2, 0.25) is 0 Å². The largest absolute Gasteiger partial charge is 0.372 e. The number of carbonyl (C=O) groups is 1. The van der Waals surface area contributed by atoms with Gasteiger partial charge in [0.05, 0.1) is 16.6 Å². The number of hydrogen-bond acceptors (Lipinski definition) is 5. The van der Waals surface area contributed by atoms with Crippen molar-refractivity contribution >= 4 is 15.9 Å². The van der Waals surface area contributed by atoms with Gasteiger partial charge in [-0.25, -0.2) is 8.42 Å². The van der Waals surface area contributed by atoms with Crippen molar-refractivity contribution in [2.24, 2.45) is 0 Å². The Morgan fingerprint density at radius 2 is 1.89 bits per heavy atom. The third kappa shape index (κ3) is 3.96. The Morgan fingerprint density at radius 1 is 1.21 bits per heavy atom. The fourth-order valence-corrected chi connectivity index (χ4v) is 5.81. The van der Waals surface area contributed by atoms with Gasteiger partial charge in [-0.15, -0.1) is 0 Å². The van der Waals surface area contributed by atoms with Crippen LogP contribution in [0, 0.1) is 6.92 Å². The van der Waals surface area contributed by atoms with Crippen molar-refractivity contribution in [3.8, 4) is 0 Å². The van der Waals surface area contributed by atoms with E-state index in [1.54, 1.807) is 24.3 Å². The molecule has 1 aromatic carbocycles. The van der Waals surface area contributed by atoms with Crippen molar-refractivity contribution in [2.45, 2.75) is 49.2 Å². The second-order valence-corrected chi connectivity index (χ2v) is 10.1. The summed E-state index contributed by atoms with van der Waals surface area (Å²) in [7, 11) is -3.50. The van der Waals surface area contributed by atoms with Gasteiger partial charge < -0.3 is 14.4 Å². The van der Waals surface area contributed by atoms with Gasteiger partial charge in [-0.05, 0) is 38.3 Å². The van der Waals surface area contributed by atoms with E-state index in [-0.39, 0.29) is 18.6 Å². The molecule has 3 aliphatic heterocycles. The molecule has 0 saturated carbocycles. The molecule has 28 heavy (non-hydrogen) atoms. The van der Waals surface area contributed by atoms with E-state index in [4.69, 9.17) is 9.47 Å². The summed E-state index contributed by atoms with van der Waals surface area (Å²) < 4.78 is 38.8. The molecule has 1 amide bonds. The summed E-state index contributed by atoms with van der Waals surface area (Å²) in [6.45, 7) is 4.89. The Morgan fingerprint density at radius 3 is 2.57 bits per heavy atom. The minimum Gasteiger partial charge on any atom is -0.372 e. The van der Waals surface area contributed by atoms with Crippen molar-refractivity contribution in [1.29, 1.82) is 0 Å². The van der Waals surface area contributed by atoms with Gasteiger partial charge >= 0.3 is 0 Å². The van der Waals surface area contributed by atoms with Gasteiger partial charge in [0.2, 0.25) is 15.9 Å². The quantitative estimate of drug-likeness (QED) is 0.739. The SMILES string of the molecule is Cc1ccc(S(=O)(=O)N2CC3(C[C@@H](OCC(=O)N4CCCC4)CCO3)C2)cc1. The van der Waals surface area contributed by atoms with Crippen LogP contribution in [0.25, 0.3) is 0 Å². The van der Waals surface area contributed by atoms with Gasteiger partial charge in [0.1, 0.15) is 6.61 Å². The summed E-state index contributed by atoms with van der Waals surface area (Å²) in [6.07, 6.45) is 3.43. The van der Waals surface area contributed by atoms with Crippen LogP contribution in [0.3, 0.4) is 0 Å². The second-order valence-electron chi connectivity index (χ2n) is 8.13. The molecule has 7 nitrogen and oxygen atoms in total. The first-order valence-corrected chi connectivity index (χ1v) is 11.4. The van der Waals surface area contributed by atoms with Crippen molar-refractivity contribution in [1.82, 2.24) is 9.21 Å². The molecule has 0 N–H and O–H groups in total. The maximum Gasteiger partial charge on any atom is 0.248 e. The number of carbonyl (C=O) groups excluding carboxylic acids is 1. The van der Waals surface area contributed by atoms with Gasteiger partial charge in [-0.2, -0.15) is 4.31 Å². The summed E-state index contributed by atoms with van der Waals surface area (Å²) in [5.74, 6) is 0.0511. The standard InChI is InChI=1S/C20H28N2O5S/c1-16-4-6-18(7-5-16)28(24,25)22-14-20(15-22)12-17(8-11-27-20)26-13-19(23)21-9-2-3-10-21/h4-7,17H,2-3,8-15H2,1H3/t17-/m0/s1. The van der Waals surface area contributed by atoms with Crippen LogP contribution in [-0.4, -0.2) is 74.6 Å². The molecular formula is C20H28N2O5S. The predicted molar refractivity (Wildman–Crippen MR) is 103 cm³/mol. The number of aryl methyl sites for hydroxylation is 1. The average Bonchev–Trinajstić information content (AvgIpc) is 3.19.